The number of fused-ring (bicyclic) bond motifs is 1. The Morgan fingerprint density at radius 2 is 2.05 bits per heavy atom. The zero-order valence-electron chi connectivity index (χ0n) is 10.8. The summed E-state index contributed by atoms with van der Waals surface area (Å²) in [4.78, 5) is 16.4. The summed E-state index contributed by atoms with van der Waals surface area (Å²) in [5.41, 5.74) is 0.681. The molecule has 0 unspecified atom stereocenters. The fourth-order valence-electron chi connectivity index (χ4n) is 2.33. The number of rotatable bonds is 3. The summed E-state index contributed by atoms with van der Waals surface area (Å²) in [5, 5.41) is 0. The van der Waals surface area contributed by atoms with E-state index in [1.54, 1.807) is 6.07 Å². The molecule has 1 fully saturated rings. The Balaban J connectivity index is 1.93. The SMILES string of the molecule is C[C@H]1OCC[C@H]1NS(=O)(=O)c1ccc2[nH]c(=O)[nH]c2c1. The van der Waals surface area contributed by atoms with Gasteiger partial charge in [-0.25, -0.2) is 17.9 Å². The Morgan fingerprint density at radius 1 is 1.30 bits per heavy atom. The summed E-state index contributed by atoms with van der Waals surface area (Å²) in [5.74, 6) is 0. The number of benzene rings is 1. The fourth-order valence-corrected chi connectivity index (χ4v) is 3.70. The molecule has 108 valence electrons. The van der Waals surface area contributed by atoms with E-state index in [1.807, 2.05) is 6.92 Å². The summed E-state index contributed by atoms with van der Waals surface area (Å²) in [7, 11) is -3.62. The lowest BCUT2D eigenvalue weighted by molar-refractivity contribution is 0.117. The van der Waals surface area contributed by atoms with E-state index in [4.69, 9.17) is 4.74 Å². The van der Waals surface area contributed by atoms with E-state index in [9.17, 15) is 13.2 Å². The predicted molar refractivity (Wildman–Crippen MR) is 73.1 cm³/mol. The minimum Gasteiger partial charge on any atom is -0.377 e. The quantitative estimate of drug-likeness (QED) is 0.758. The highest BCUT2D eigenvalue weighted by atomic mass is 32.2. The van der Waals surface area contributed by atoms with E-state index in [1.165, 1.54) is 12.1 Å². The maximum atomic E-state index is 12.3. The van der Waals surface area contributed by atoms with Crippen LogP contribution in [-0.2, 0) is 14.8 Å². The molecule has 2 heterocycles. The normalized spacial score (nSPS) is 23.4. The van der Waals surface area contributed by atoms with E-state index < -0.39 is 10.0 Å². The molecule has 7 nitrogen and oxygen atoms in total. The minimum atomic E-state index is -3.62. The van der Waals surface area contributed by atoms with Gasteiger partial charge in [-0.15, -0.1) is 0 Å². The third kappa shape index (κ3) is 2.37. The Hall–Kier alpha value is -1.64. The summed E-state index contributed by atoms with van der Waals surface area (Å²) in [6, 6.07) is 4.25. The van der Waals surface area contributed by atoms with E-state index in [2.05, 4.69) is 14.7 Å². The molecule has 2 atom stereocenters. The minimum absolute atomic E-state index is 0.124. The molecule has 0 spiro atoms. The van der Waals surface area contributed by atoms with Crippen molar-refractivity contribution in [2.24, 2.45) is 0 Å². The van der Waals surface area contributed by atoms with Crippen molar-refractivity contribution in [1.82, 2.24) is 14.7 Å². The monoisotopic (exact) mass is 297 g/mol. The smallest absolute Gasteiger partial charge is 0.323 e. The van der Waals surface area contributed by atoms with Gasteiger partial charge in [0.15, 0.2) is 0 Å². The molecule has 1 aromatic carbocycles. The Labute approximate surface area is 115 Å². The number of nitrogens with one attached hydrogen (secondary N) is 3. The predicted octanol–water partition coefficient (Wildman–Crippen LogP) is 0.312. The van der Waals surface area contributed by atoms with Crippen LogP contribution in [0.25, 0.3) is 11.0 Å². The van der Waals surface area contributed by atoms with Crippen molar-refractivity contribution in [2.45, 2.75) is 30.4 Å². The van der Waals surface area contributed by atoms with Gasteiger partial charge in [-0.2, -0.15) is 0 Å². The summed E-state index contributed by atoms with van der Waals surface area (Å²) in [6.45, 7) is 2.39. The highest BCUT2D eigenvalue weighted by Gasteiger charge is 2.29. The number of hydrogen-bond donors (Lipinski definition) is 3. The zero-order valence-corrected chi connectivity index (χ0v) is 11.7. The molecule has 1 aliphatic rings. The van der Waals surface area contributed by atoms with Gasteiger partial charge in [0, 0.05) is 6.61 Å². The topological polar surface area (TPSA) is 104 Å². The maximum Gasteiger partial charge on any atom is 0.323 e. The number of aromatic nitrogens is 2. The van der Waals surface area contributed by atoms with Gasteiger partial charge in [0.1, 0.15) is 0 Å². The Morgan fingerprint density at radius 3 is 2.75 bits per heavy atom. The van der Waals surface area contributed by atoms with Crippen LogP contribution in [0.3, 0.4) is 0 Å². The van der Waals surface area contributed by atoms with Crippen LogP contribution in [0, 0.1) is 0 Å². The van der Waals surface area contributed by atoms with Crippen LogP contribution in [0.15, 0.2) is 27.9 Å². The molecule has 3 rings (SSSR count). The second kappa shape index (κ2) is 4.72. The molecule has 2 aromatic rings. The third-order valence-electron chi connectivity index (χ3n) is 3.48. The van der Waals surface area contributed by atoms with Crippen LogP contribution >= 0.6 is 0 Å². The number of aromatic amines is 2. The molecule has 20 heavy (non-hydrogen) atoms. The van der Waals surface area contributed by atoms with Gasteiger partial charge in [-0.05, 0) is 31.5 Å². The second-order valence-corrected chi connectivity index (χ2v) is 6.59. The van der Waals surface area contributed by atoms with E-state index in [0.717, 1.165) is 0 Å². The van der Waals surface area contributed by atoms with Gasteiger partial charge in [0.2, 0.25) is 10.0 Å². The summed E-state index contributed by atoms with van der Waals surface area (Å²) < 4.78 is 32.6. The highest BCUT2D eigenvalue weighted by molar-refractivity contribution is 7.89. The van der Waals surface area contributed by atoms with Crippen molar-refractivity contribution in [3.63, 3.8) is 0 Å². The first-order chi connectivity index (χ1) is 9.45. The zero-order chi connectivity index (χ0) is 14.3. The van der Waals surface area contributed by atoms with Crippen molar-refractivity contribution in [3.8, 4) is 0 Å². The van der Waals surface area contributed by atoms with Crippen LogP contribution in [-0.4, -0.2) is 37.1 Å². The first-order valence-corrected chi connectivity index (χ1v) is 7.80. The molecular weight excluding hydrogens is 282 g/mol. The number of imidazole rings is 1. The highest BCUT2D eigenvalue weighted by Crippen LogP contribution is 2.19. The molecular formula is C12H15N3O4S. The second-order valence-electron chi connectivity index (χ2n) is 4.88. The number of ether oxygens (including phenoxy) is 1. The lowest BCUT2D eigenvalue weighted by atomic mass is 10.2. The van der Waals surface area contributed by atoms with E-state index in [-0.39, 0.29) is 22.7 Å². The van der Waals surface area contributed by atoms with Crippen LogP contribution in [0.4, 0.5) is 0 Å². The van der Waals surface area contributed by atoms with Crippen molar-refractivity contribution >= 4 is 21.1 Å². The molecule has 0 saturated carbocycles. The molecule has 1 aromatic heterocycles. The molecule has 3 N–H and O–H groups in total. The maximum absolute atomic E-state index is 12.3. The average molecular weight is 297 g/mol. The molecule has 0 bridgehead atoms. The standard InChI is InChI=1S/C12H15N3O4S/c1-7-9(4-5-19-7)15-20(17,18)8-2-3-10-11(6-8)14-12(16)13-10/h2-3,6-7,9,15H,4-5H2,1H3,(H2,13,14,16)/t7-,9-/m1/s1. The van der Waals surface area contributed by atoms with Gasteiger partial charge < -0.3 is 14.7 Å². The van der Waals surface area contributed by atoms with Crippen LogP contribution in [0.1, 0.15) is 13.3 Å². The van der Waals surface area contributed by atoms with Crippen molar-refractivity contribution in [2.75, 3.05) is 6.61 Å². The molecule has 0 amide bonds. The van der Waals surface area contributed by atoms with Gasteiger partial charge in [-0.3, -0.25) is 0 Å². The first kappa shape index (κ1) is 13.3. The third-order valence-corrected chi connectivity index (χ3v) is 4.97. The molecule has 0 aliphatic carbocycles. The lowest BCUT2D eigenvalue weighted by Gasteiger charge is -2.16. The number of hydrogen-bond acceptors (Lipinski definition) is 4. The van der Waals surface area contributed by atoms with Gasteiger partial charge in [0.25, 0.3) is 0 Å². The number of H-pyrrole nitrogens is 2. The molecule has 8 heteroatoms. The average Bonchev–Trinajstić information content (AvgIpc) is 2.93. The summed E-state index contributed by atoms with van der Waals surface area (Å²) in [6.07, 6.45) is 0.518. The molecule has 1 aliphatic heterocycles. The Bertz CT molecular complexity index is 792. The lowest BCUT2D eigenvalue weighted by Crippen LogP contribution is -2.39. The van der Waals surface area contributed by atoms with E-state index in [0.29, 0.717) is 24.1 Å². The van der Waals surface area contributed by atoms with Crippen molar-refractivity contribution < 1.29 is 13.2 Å². The summed E-state index contributed by atoms with van der Waals surface area (Å²) >= 11 is 0. The van der Waals surface area contributed by atoms with E-state index >= 15 is 0 Å². The molecule has 1 saturated heterocycles. The van der Waals surface area contributed by atoms with Gasteiger partial charge >= 0.3 is 5.69 Å². The Kier molecular flexibility index (Phi) is 3.15. The number of sulfonamides is 1. The van der Waals surface area contributed by atoms with Crippen LogP contribution in [0.5, 0.6) is 0 Å². The largest absolute Gasteiger partial charge is 0.377 e. The van der Waals surface area contributed by atoms with Crippen LogP contribution in [0.2, 0.25) is 0 Å². The fraction of sp³-hybridized carbons (Fsp3) is 0.417. The van der Waals surface area contributed by atoms with Crippen LogP contribution < -0.4 is 10.4 Å². The first-order valence-electron chi connectivity index (χ1n) is 6.32. The molecule has 0 radical (unpaired) electrons. The van der Waals surface area contributed by atoms with Crippen molar-refractivity contribution in [3.05, 3.63) is 28.7 Å². The van der Waals surface area contributed by atoms with Crippen molar-refractivity contribution in [1.29, 1.82) is 0 Å². The van der Waals surface area contributed by atoms with Gasteiger partial charge in [-0.1, -0.05) is 0 Å². The van der Waals surface area contributed by atoms with Gasteiger partial charge in [0.05, 0.1) is 28.1 Å².